The highest BCUT2D eigenvalue weighted by Gasteiger charge is 2.10. The van der Waals surface area contributed by atoms with Crippen LogP contribution in [0.1, 0.15) is 37.0 Å². The lowest BCUT2D eigenvalue weighted by molar-refractivity contribution is 0.102. The predicted octanol–water partition coefficient (Wildman–Crippen LogP) is 4.72. The Hall–Kier alpha value is -1.88. The molecule has 0 aliphatic heterocycles. The maximum atomic E-state index is 12.3. The number of nitrogens with one attached hydrogen (secondary N) is 1. The zero-order valence-electron chi connectivity index (χ0n) is 13.6. The molecule has 0 aliphatic rings. The van der Waals surface area contributed by atoms with E-state index in [2.05, 4.69) is 45.0 Å². The first kappa shape index (κ1) is 17.5. The third-order valence-electron chi connectivity index (χ3n) is 3.40. The second-order valence-electron chi connectivity index (χ2n) is 5.36. The van der Waals surface area contributed by atoms with Gasteiger partial charge in [0.15, 0.2) is 0 Å². The summed E-state index contributed by atoms with van der Waals surface area (Å²) < 4.78 is 0.929. The van der Waals surface area contributed by atoms with Crippen LogP contribution < -0.4 is 10.2 Å². The highest BCUT2D eigenvalue weighted by Crippen LogP contribution is 2.17. The van der Waals surface area contributed by atoms with Crippen molar-refractivity contribution in [3.63, 3.8) is 0 Å². The number of hydrogen-bond donors (Lipinski definition) is 1. The van der Waals surface area contributed by atoms with Crippen molar-refractivity contribution >= 4 is 33.3 Å². The Morgan fingerprint density at radius 2 is 1.91 bits per heavy atom. The molecule has 23 heavy (non-hydrogen) atoms. The fourth-order valence-corrected chi connectivity index (χ4v) is 2.76. The van der Waals surface area contributed by atoms with Gasteiger partial charge in [-0.3, -0.25) is 4.79 Å². The van der Waals surface area contributed by atoms with Crippen LogP contribution in [-0.2, 0) is 0 Å². The third kappa shape index (κ3) is 5.06. The molecule has 0 radical (unpaired) electrons. The van der Waals surface area contributed by atoms with E-state index in [0.717, 1.165) is 41.9 Å². The second kappa shape index (κ2) is 8.67. The van der Waals surface area contributed by atoms with Gasteiger partial charge in [-0.25, -0.2) is 4.98 Å². The quantitative estimate of drug-likeness (QED) is 0.760. The summed E-state index contributed by atoms with van der Waals surface area (Å²) >= 11 is 3.39. The van der Waals surface area contributed by atoms with Gasteiger partial charge < -0.3 is 10.2 Å². The van der Waals surface area contributed by atoms with Gasteiger partial charge in [-0.05, 0) is 43.2 Å². The van der Waals surface area contributed by atoms with Crippen LogP contribution in [0.15, 0.2) is 47.1 Å². The van der Waals surface area contributed by atoms with Crippen LogP contribution in [0.5, 0.6) is 0 Å². The van der Waals surface area contributed by atoms with Crippen molar-refractivity contribution in [2.24, 2.45) is 0 Å². The minimum atomic E-state index is -0.153. The number of halogens is 1. The van der Waals surface area contributed by atoms with Crippen molar-refractivity contribution in [1.29, 1.82) is 0 Å². The van der Waals surface area contributed by atoms with Crippen molar-refractivity contribution < 1.29 is 4.79 Å². The van der Waals surface area contributed by atoms with Gasteiger partial charge in [0.05, 0.1) is 5.56 Å². The van der Waals surface area contributed by atoms with Gasteiger partial charge in [0, 0.05) is 29.4 Å². The van der Waals surface area contributed by atoms with Crippen LogP contribution in [0, 0.1) is 0 Å². The minimum absolute atomic E-state index is 0.153. The maximum absolute atomic E-state index is 12.3. The number of aromatic nitrogens is 1. The number of carbonyl (C=O) groups excluding carboxylic acids is 1. The SMILES string of the molecule is CCCN(CCC)c1ccc(C(=O)Nc2cccc(Br)c2)cn1. The average molecular weight is 376 g/mol. The molecule has 1 heterocycles. The molecule has 0 bridgehead atoms. The molecule has 2 aromatic rings. The largest absolute Gasteiger partial charge is 0.357 e. The second-order valence-corrected chi connectivity index (χ2v) is 6.27. The number of nitrogens with zero attached hydrogens (tertiary/aromatic N) is 2. The highest BCUT2D eigenvalue weighted by atomic mass is 79.9. The van der Waals surface area contributed by atoms with Crippen molar-refractivity contribution in [3.8, 4) is 0 Å². The van der Waals surface area contributed by atoms with Gasteiger partial charge in [0.2, 0.25) is 0 Å². The summed E-state index contributed by atoms with van der Waals surface area (Å²) in [7, 11) is 0. The zero-order valence-corrected chi connectivity index (χ0v) is 15.1. The Balaban J connectivity index is 2.07. The van der Waals surface area contributed by atoms with Gasteiger partial charge in [-0.2, -0.15) is 0 Å². The molecule has 0 saturated heterocycles. The molecule has 0 atom stereocenters. The number of anilines is 2. The molecule has 122 valence electrons. The lowest BCUT2D eigenvalue weighted by atomic mass is 10.2. The van der Waals surface area contributed by atoms with Crippen molar-refractivity contribution in [1.82, 2.24) is 4.98 Å². The van der Waals surface area contributed by atoms with E-state index >= 15 is 0 Å². The molecule has 1 aromatic heterocycles. The Morgan fingerprint density at radius 1 is 1.17 bits per heavy atom. The van der Waals surface area contributed by atoms with E-state index < -0.39 is 0 Å². The van der Waals surface area contributed by atoms with Crippen molar-refractivity contribution in [3.05, 3.63) is 52.6 Å². The molecule has 1 aromatic carbocycles. The molecule has 0 unspecified atom stereocenters. The summed E-state index contributed by atoms with van der Waals surface area (Å²) in [4.78, 5) is 19.0. The van der Waals surface area contributed by atoms with Gasteiger partial charge >= 0.3 is 0 Å². The molecular weight excluding hydrogens is 354 g/mol. The third-order valence-corrected chi connectivity index (χ3v) is 3.90. The zero-order chi connectivity index (χ0) is 16.7. The summed E-state index contributed by atoms with van der Waals surface area (Å²) in [5, 5.41) is 2.88. The molecule has 2 rings (SSSR count). The van der Waals surface area contributed by atoms with Gasteiger partial charge in [-0.15, -0.1) is 0 Å². The topological polar surface area (TPSA) is 45.2 Å². The van der Waals surface area contributed by atoms with Gasteiger partial charge in [0.1, 0.15) is 5.82 Å². The van der Waals surface area contributed by atoms with Crippen molar-refractivity contribution in [2.45, 2.75) is 26.7 Å². The molecule has 1 N–H and O–H groups in total. The number of pyridine rings is 1. The standard InChI is InChI=1S/C18H22BrN3O/c1-3-10-22(11-4-2)17-9-8-14(13-20-17)18(23)21-16-7-5-6-15(19)12-16/h5-9,12-13H,3-4,10-11H2,1-2H3,(H,21,23). The smallest absolute Gasteiger partial charge is 0.257 e. The van der Waals surface area contributed by atoms with Crippen molar-refractivity contribution in [2.75, 3.05) is 23.3 Å². The lowest BCUT2D eigenvalue weighted by Gasteiger charge is -2.22. The minimum Gasteiger partial charge on any atom is -0.357 e. The molecular formula is C18H22BrN3O. The summed E-state index contributed by atoms with van der Waals surface area (Å²) in [5.74, 6) is 0.771. The van der Waals surface area contributed by atoms with E-state index in [1.165, 1.54) is 0 Å². The van der Waals surface area contributed by atoms with Crippen LogP contribution in [0.2, 0.25) is 0 Å². The number of amides is 1. The first-order valence-corrected chi connectivity index (χ1v) is 8.71. The number of carbonyl (C=O) groups is 1. The Bertz CT molecular complexity index is 637. The van der Waals surface area contributed by atoms with Gasteiger partial charge in [0.25, 0.3) is 5.91 Å². The normalized spacial score (nSPS) is 10.4. The van der Waals surface area contributed by atoms with E-state index in [9.17, 15) is 4.79 Å². The van der Waals surface area contributed by atoms with Crippen LogP contribution in [0.25, 0.3) is 0 Å². The first-order chi connectivity index (χ1) is 11.1. The van der Waals surface area contributed by atoms with E-state index in [-0.39, 0.29) is 5.91 Å². The van der Waals surface area contributed by atoms with Crippen LogP contribution in [0.4, 0.5) is 11.5 Å². The summed E-state index contributed by atoms with van der Waals surface area (Å²) in [6.07, 6.45) is 3.79. The number of hydrogen-bond acceptors (Lipinski definition) is 3. The fraction of sp³-hybridized carbons (Fsp3) is 0.333. The number of benzene rings is 1. The Kier molecular flexibility index (Phi) is 6.59. The Labute approximate surface area is 146 Å². The molecule has 4 nitrogen and oxygen atoms in total. The first-order valence-electron chi connectivity index (χ1n) is 7.92. The monoisotopic (exact) mass is 375 g/mol. The number of rotatable bonds is 7. The average Bonchev–Trinajstić information content (AvgIpc) is 2.55. The van der Waals surface area contributed by atoms with Crippen LogP contribution >= 0.6 is 15.9 Å². The molecule has 0 saturated carbocycles. The van der Waals surface area contributed by atoms with E-state index in [4.69, 9.17) is 0 Å². The molecule has 5 heteroatoms. The van der Waals surface area contributed by atoms with E-state index in [1.54, 1.807) is 6.20 Å². The Morgan fingerprint density at radius 3 is 2.48 bits per heavy atom. The summed E-state index contributed by atoms with van der Waals surface area (Å²) in [5.41, 5.74) is 1.31. The fourth-order valence-electron chi connectivity index (χ4n) is 2.36. The summed E-state index contributed by atoms with van der Waals surface area (Å²) in [6, 6.07) is 11.3. The molecule has 1 amide bonds. The molecule has 0 spiro atoms. The maximum Gasteiger partial charge on any atom is 0.257 e. The van der Waals surface area contributed by atoms with Gasteiger partial charge in [-0.1, -0.05) is 35.8 Å². The summed E-state index contributed by atoms with van der Waals surface area (Å²) in [6.45, 7) is 6.26. The molecule has 0 aliphatic carbocycles. The predicted molar refractivity (Wildman–Crippen MR) is 99.1 cm³/mol. The van der Waals surface area contributed by atoms with Crippen LogP contribution in [-0.4, -0.2) is 24.0 Å². The van der Waals surface area contributed by atoms with E-state index in [0.29, 0.717) is 5.56 Å². The molecule has 0 fully saturated rings. The highest BCUT2D eigenvalue weighted by molar-refractivity contribution is 9.10. The van der Waals surface area contributed by atoms with Crippen LogP contribution in [0.3, 0.4) is 0 Å². The van der Waals surface area contributed by atoms with E-state index in [1.807, 2.05) is 36.4 Å². The lowest BCUT2D eigenvalue weighted by Crippen LogP contribution is -2.26.